The molecule has 1 aliphatic rings. The van der Waals surface area contributed by atoms with E-state index in [9.17, 15) is 19.6 Å². The molecule has 0 radical (unpaired) electrons. The third-order valence-electron chi connectivity index (χ3n) is 6.35. The number of allylic oxidation sites excluding steroid dienone is 1. The van der Waals surface area contributed by atoms with Gasteiger partial charge in [-0.25, -0.2) is 9.59 Å². The average Bonchev–Trinajstić information content (AvgIpc) is 2.99. The summed E-state index contributed by atoms with van der Waals surface area (Å²) in [5, 5.41) is 10.2. The second kappa shape index (κ2) is 11.4. The lowest BCUT2D eigenvalue weighted by Crippen LogP contribution is -2.41. The molecule has 0 bridgehead atoms. The molecule has 39 heavy (non-hydrogen) atoms. The number of carbonyl (C=O) groups is 3. The van der Waals surface area contributed by atoms with E-state index < -0.39 is 17.9 Å². The van der Waals surface area contributed by atoms with E-state index >= 15 is 0 Å². The van der Waals surface area contributed by atoms with Crippen LogP contribution in [-0.4, -0.2) is 39.1 Å². The minimum absolute atomic E-state index is 0.000882. The number of nitriles is 1. The van der Waals surface area contributed by atoms with Crippen molar-refractivity contribution < 1.29 is 28.6 Å². The molecule has 0 aromatic heterocycles. The van der Waals surface area contributed by atoms with Gasteiger partial charge in [0, 0.05) is 11.1 Å². The molecule has 1 atom stereocenters. The van der Waals surface area contributed by atoms with E-state index in [0.29, 0.717) is 16.9 Å². The van der Waals surface area contributed by atoms with Crippen molar-refractivity contribution in [1.29, 1.82) is 5.26 Å². The van der Waals surface area contributed by atoms with Crippen LogP contribution in [0, 0.1) is 11.3 Å². The standard InChI is InChI=1S/C30H25N3O6/c1-37-20-15-13-19(14-16-20)27(34)21-11-7-8-12-23(21)33-26(30(36)39-3)25(29(35)38-2)24(22(17-31)28(33)32)18-9-5-4-6-10-18/h4-16,24H,32H2,1-3H3. The van der Waals surface area contributed by atoms with Crippen molar-refractivity contribution in [2.24, 2.45) is 5.73 Å². The molecule has 2 N–H and O–H groups in total. The van der Waals surface area contributed by atoms with Gasteiger partial charge in [-0.3, -0.25) is 9.69 Å². The zero-order valence-corrected chi connectivity index (χ0v) is 21.5. The number of anilines is 1. The Morgan fingerprint density at radius 2 is 1.46 bits per heavy atom. The van der Waals surface area contributed by atoms with Crippen LogP contribution >= 0.6 is 0 Å². The van der Waals surface area contributed by atoms with Crippen molar-refractivity contribution in [3.8, 4) is 11.8 Å². The maximum absolute atomic E-state index is 13.7. The highest BCUT2D eigenvalue weighted by Crippen LogP contribution is 2.44. The molecule has 0 saturated carbocycles. The predicted octanol–water partition coefficient (Wildman–Crippen LogP) is 3.82. The number of benzene rings is 3. The summed E-state index contributed by atoms with van der Waals surface area (Å²) in [6.07, 6.45) is 0. The number of nitrogens with two attached hydrogens (primary N) is 1. The van der Waals surface area contributed by atoms with Crippen molar-refractivity contribution >= 4 is 23.4 Å². The van der Waals surface area contributed by atoms with Gasteiger partial charge in [0.2, 0.25) is 0 Å². The molecule has 1 unspecified atom stereocenters. The predicted molar refractivity (Wildman–Crippen MR) is 142 cm³/mol. The molecule has 4 rings (SSSR count). The van der Waals surface area contributed by atoms with E-state index in [2.05, 4.69) is 6.07 Å². The Bertz CT molecular complexity index is 1530. The SMILES string of the molecule is COC(=O)C1=C(C(=O)OC)N(c2ccccc2C(=O)c2ccc(OC)cc2)C(N)=C(C#N)C1c1ccccc1. The molecule has 0 amide bonds. The third kappa shape index (κ3) is 4.83. The van der Waals surface area contributed by atoms with Crippen LogP contribution in [-0.2, 0) is 19.1 Å². The molecule has 3 aromatic rings. The summed E-state index contributed by atoms with van der Waals surface area (Å²) in [7, 11) is 3.85. The molecule has 1 aliphatic heterocycles. The van der Waals surface area contributed by atoms with Crippen LogP contribution in [0.5, 0.6) is 5.75 Å². The van der Waals surface area contributed by atoms with Crippen LogP contribution in [0.25, 0.3) is 0 Å². The zero-order valence-electron chi connectivity index (χ0n) is 21.5. The van der Waals surface area contributed by atoms with Gasteiger partial charge in [0.05, 0.1) is 50.2 Å². The Morgan fingerprint density at radius 1 is 0.846 bits per heavy atom. The van der Waals surface area contributed by atoms with E-state index in [-0.39, 0.29) is 39.7 Å². The van der Waals surface area contributed by atoms with E-state index in [1.54, 1.807) is 78.9 Å². The number of carbonyl (C=O) groups excluding carboxylic acids is 3. The molecule has 0 fully saturated rings. The van der Waals surface area contributed by atoms with Crippen LogP contribution in [0.1, 0.15) is 27.4 Å². The largest absolute Gasteiger partial charge is 0.497 e. The number of methoxy groups -OCH3 is 3. The normalized spacial score (nSPS) is 14.9. The lowest BCUT2D eigenvalue weighted by atomic mass is 9.80. The molecular formula is C30H25N3O6. The highest BCUT2D eigenvalue weighted by Gasteiger charge is 2.43. The summed E-state index contributed by atoms with van der Waals surface area (Å²) < 4.78 is 15.3. The van der Waals surface area contributed by atoms with E-state index in [4.69, 9.17) is 19.9 Å². The molecule has 9 heteroatoms. The molecule has 1 heterocycles. The van der Waals surface area contributed by atoms with Crippen LogP contribution in [0.2, 0.25) is 0 Å². The summed E-state index contributed by atoms with van der Waals surface area (Å²) in [4.78, 5) is 41.5. The van der Waals surface area contributed by atoms with E-state index in [1.165, 1.54) is 19.1 Å². The molecule has 9 nitrogen and oxygen atoms in total. The summed E-state index contributed by atoms with van der Waals surface area (Å²) >= 11 is 0. The van der Waals surface area contributed by atoms with Crippen molar-refractivity contribution in [3.63, 3.8) is 0 Å². The van der Waals surface area contributed by atoms with Gasteiger partial charge in [-0.2, -0.15) is 5.26 Å². The van der Waals surface area contributed by atoms with Crippen LogP contribution < -0.4 is 15.4 Å². The molecule has 0 spiro atoms. The lowest BCUT2D eigenvalue weighted by molar-refractivity contribution is -0.139. The lowest BCUT2D eigenvalue weighted by Gasteiger charge is -2.36. The number of hydrogen-bond acceptors (Lipinski definition) is 9. The van der Waals surface area contributed by atoms with Gasteiger partial charge in [-0.05, 0) is 42.0 Å². The molecule has 3 aromatic carbocycles. The Morgan fingerprint density at radius 3 is 2.05 bits per heavy atom. The fourth-order valence-corrected chi connectivity index (χ4v) is 4.52. The van der Waals surface area contributed by atoms with Crippen molar-refractivity contribution in [2.45, 2.75) is 5.92 Å². The van der Waals surface area contributed by atoms with Gasteiger partial charge in [0.1, 0.15) is 17.3 Å². The quantitative estimate of drug-likeness (QED) is 0.362. The topological polar surface area (TPSA) is 132 Å². The van der Waals surface area contributed by atoms with Gasteiger partial charge in [-0.1, -0.05) is 42.5 Å². The number of nitrogens with zero attached hydrogens (tertiary/aromatic N) is 2. The molecule has 196 valence electrons. The van der Waals surface area contributed by atoms with Crippen LogP contribution in [0.3, 0.4) is 0 Å². The minimum atomic E-state index is -1.02. The highest BCUT2D eigenvalue weighted by atomic mass is 16.5. The summed E-state index contributed by atoms with van der Waals surface area (Å²) in [6, 6.07) is 23.7. The third-order valence-corrected chi connectivity index (χ3v) is 6.35. The fourth-order valence-electron chi connectivity index (χ4n) is 4.52. The molecule has 0 saturated heterocycles. The number of esters is 2. The Balaban J connectivity index is 2.02. The second-order valence-electron chi connectivity index (χ2n) is 8.41. The highest BCUT2D eigenvalue weighted by molar-refractivity contribution is 6.14. The maximum Gasteiger partial charge on any atom is 0.355 e. The number of rotatable bonds is 7. The fraction of sp³-hybridized carbons (Fsp3) is 0.133. The summed E-state index contributed by atoms with van der Waals surface area (Å²) in [6.45, 7) is 0. The number of para-hydroxylation sites is 1. The van der Waals surface area contributed by atoms with Gasteiger partial charge in [0.15, 0.2) is 5.78 Å². The zero-order chi connectivity index (χ0) is 28.1. The number of hydrogen-bond donors (Lipinski definition) is 1. The van der Waals surface area contributed by atoms with Gasteiger partial charge in [-0.15, -0.1) is 0 Å². The van der Waals surface area contributed by atoms with Gasteiger partial charge >= 0.3 is 11.9 Å². The smallest absolute Gasteiger partial charge is 0.355 e. The average molecular weight is 524 g/mol. The van der Waals surface area contributed by atoms with E-state index in [1.807, 2.05) is 0 Å². The first-order valence-electron chi connectivity index (χ1n) is 11.8. The number of ether oxygens (including phenoxy) is 3. The first kappa shape index (κ1) is 26.7. The number of ketones is 1. The Labute approximate surface area is 225 Å². The van der Waals surface area contributed by atoms with Crippen molar-refractivity contribution in [1.82, 2.24) is 0 Å². The first-order valence-corrected chi connectivity index (χ1v) is 11.8. The van der Waals surface area contributed by atoms with Crippen molar-refractivity contribution in [2.75, 3.05) is 26.2 Å². The summed E-state index contributed by atoms with van der Waals surface area (Å²) in [5.74, 6) is -2.70. The first-order chi connectivity index (χ1) is 18.9. The van der Waals surface area contributed by atoms with Gasteiger partial charge < -0.3 is 19.9 Å². The van der Waals surface area contributed by atoms with E-state index in [0.717, 1.165) is 7.11 Å². The van der Waals surface area contributed by atoms with Crippen molar-refractivity contribution in [3.05, 3.63) is 118 Å². The Hall–Kier alpha value is -5.36. The minimum Gasteiger partial charge on any atom is -0.497 e. The Kier molecular flexibility index (Phi) is 7.77. The molecular weight excluding hydrogens is 498 g/mol. The monoisotopic (exact) mass is 523 g/mol. The van der Waals surface area contributed by atoms with Crippen LogP contribution in [0.4, 0.5) is 5.69 Å². The van der Waals surface area contributed by atoms with Crippen LogP contribution in [0.15, 0.2) is 102 Å². The second-order valence-corrected chi connectivity index (χ2v) is 8.41. The maximum atomic E-state index is 13.7. The summed E-state index contributed by atoms with van der Waals surface area (Å²) in [5.41, 5.74) is 7.43. The molecule has 0 aliphatic carbocycles. The van der Waals surface area contributed by atoms with Gasteiger partial charge in [0.25, 0.3) is 0 Å².